The van der Waals surface area contributed by atoms with Crippen LogP contribution in [0.5, 0.6) is 5.75 Å². The van der Waals surface area contributed by atoms with Crippen molar-refractivity contribution in [2.24, 2.45) is 5.14 Å². The van der Waals surface area contributed by atoms with Gasteiger partial charge in [-0.05, 0) is 37.1 Å². The van der Waals surface area contributed by atoms with E-state index in [-0.39, 0.29) is 11.5 Å². The van der Waals surface area contributed by atoms with E-state index in [1.54, 1.807) is 26.8 Å². The van der Waals surface area contributed by atoms with Gasteiger partial charge < -0.3 is 9.26 Å². The van der Waals surface area contributed by atoms with Crippen LogP contribution >= 0.6 is 0 Å². The number of rotatable bonds is 4. The van der Waals surface area contributed by atoms with Crippen LogP contribution in [-0.2, 0) is 16.6 Å². The number of ether oxygens (including phenoxy) is 1. The van der Waals surface area contributed by atoms with E-state index in [1.165, 1.54) is 6.07 Å². The number of hydrogen-bond acceptors (Lipinski definition) is 6. The fourth-order valence-electron chi connectivity index (χ4n) is 1.78. The highest BCUT2D eigenvalue weighted by molar-refractivity contribution is 7.89. The van der Waals surface area contributed by atoms with Gasteiger partial charge in [-0.2, -0.15) is 4.98 Å². The third kappa shape index (κ3) is 2.97. The summed E-state index contributed by atoms with van der Waals surface area (Å²) < 4.78 is 33.2. The molecule has 0 aliphatic rings. The Morgan fingerprint density at radius 1 is 1.25 bits per heavy atom. The molecular weight excluding hydrogens is 282 g/mol. The highest BCUT2D eigenvalue weighted by Gasteiger charge is 2.16. The summed E-state index contributed by atoms with van der Waals surface area (Å²) in [4.78, 5) is 4.11. The molecule has 1 aromatic heterocycles. The van der Waals surface area contributed by atoms with Gasteiger partial charge >= 0.3 is 0 Å². The molecule has 0 bridgehead atoms. The first-order valence-corrected chi connectivity index (χ1v) is 7.38. The predicted molar refractivity (Wildman–Crippen MR) is 70.7 cm³/mol. The number of primary sulfonamides is 1. The summed E-state index contributed by atoms with van der Waals surface area (Å²) in [7, 11) is -3.73. The molecule has 108 valence electrons. The van der Waals surface area contributed by atoms with Crippen molar-refractivity contribution in [3.8, 4) is 5.75 Å². The number of aromatic nitrogens is 2. The van der Waals surface area contributed by atoms with E-state index >= 15 is 0 Å². The molecule has 1 heterocycles. The van der Waals surface area contributed by atoms with Gasteiger partial charge in [0.05, 0.1) is 4.90 Å². The molecule has 0 unspecified atom stereocenters. The predicted octanol–water partition coefficient (Wildman–Crippen LogP) is 1.22. The third-order valence-corrected chi connectivity index (χ3v) is 3.98. The maximum Gasteiger partial charge on any atom is 0.238 e. The summed E-state index contributed by atoms with van der Waals surface area (Å²) in [5.41, 5.74) is 1.27. The zero-order valence-corrected chi connectivity index (χ0v) is 12.2. The molecule has 2 N–H and O–H groups in total. The monoisotopic (exact) mass is 297 g/mol. The van der Waals surface area contributed by atoms with Crippen LogP contribution in [0, 0.1) is 20.8 Å². The number of aryl methyl sites for hydroxylation is 1. The Balaban J connectivity index is 2.24. The van der Waals surface area contributed by atoms with Crippen LogP contribution in [0.1, 0.15) is 22.8 Å². The molecule has 2 aromatic rings. The Hall–Kier alpha value is -1.93. The highest BCUT2D eigenvalue weighted by atomic mass is 32.2. The standard InChI is InChI=1S/C12H15N3O4S/c1-7-8(2)11(20(13,16)17)5-4-10(7)18-6-12-14-9(3)19-15-12/h4-5H,6H2,1-3H3,(H2,13,16,17). The normalized spacial score (nSPS) is 11.6. The number of benzene rings is 1. The average molecular weight is 297 g/mol. The molecule has 0 spiro atoms. The Kier molecular flexibility index (Phi) is 3.78. The highest BCUT2D eigenvalue weighted by Crippen LogP contribution is 2.26. The van der Waals surface area contributed by atoms with Crippen molar-refractivity contribution in [3.63, 3.8) is 0 Å². The lowest BCUT2D eigenvalue weighted by Crippen LogP contribution is -2.14. The molecule has 0 saturated carbocycles. The first kappa shape index (κ1) is 14.5. The lowest BCUT2D eigenvalue weighted by molar-refractivity contribution is 0.283. The summed E-state index contributed by atoms with van der Waals surface area (Å²) in [6.45, 7) is 5.28. The second-order valence-corrected chi connectivity index (χ2v) is 5.90. The molecular formula is C12H15N3O4S. The van der Waals surface area contributed by atoms with E-state index in [9.17, 15) is 8.42 Å². The second-order valence-electron chi connectivity index (χ2n) is 4.38. The molecule has 20 heavy (non-hydrogen) atoms. The maximum atomic E-state index is 11.4. The number of sulfonamides is 1. The Labute approximate surface area is 116 Å². The van der Waals surface area contributed by atoms with Gasteiger partial charge in [0.15, 0.2) is 6.61 Å². The lowest BCUT2D eigenvalue weighted by atomic mass is 10.1. The molecule has 0 aliphatic carbocycles. The van der Waals surface area contributed by atoms with Gasteiger partial charge in [-0.3, -0.25) is 0 Å². The van der Waals surface area contributed by atoms with Gasteiger partial charge in [0.1, 0.15) is 5.75 Å². The smallest absolute Gasteiger partial charge is 0.238 e. The van der Waals surface area contributed by atoms with Crippen molar-refractivity contribution in [3.05, 3.63) is 35.0 Å². The molecule has 0 saturated heterocycles. The van der Waals surface area contributed by atoms with Crippen LogP contribution in [0.2, 0.25) is 0 Å². The van der Waals surface area contributed by atoms with Crippen molar-refractivity contribution < 1.29 is 17.7 Å². The fourth-order valence-corrected chi connectivity index (χ4v) is 2.62. The lowest BCUT2D eigenvalue weighted by Gasteiger charge is -2.12. The van der Waals surface area contributed by atoms with E-state index in [1.807, 2.05) is 0 Å². The van der Waals surface area contributed by atoms with Crippen LogP contribution in [0.4, 0.5) is 0 Å². The minimum atomic E-state index is -3.73. The Bertz CT molecular complexity index is 737. The Morgan fingerprint density at radius 2 is 1.95 bits per heavy atom. The van der Waals surface area contributed by atoms with E-state index in [0.717, 1.165) is 0 Å². The largest absolute Gasteiger partial charge is 0.485 e. The molecule has 0 radical (unpaired) electrons. The average Bonchev–Trinajstić information content (AvgIpc) is 2.75. The zero-order chi connectivity index (χ0) is 14.9. The van der Waals surface area contributed by atoms with Crippen molar-refractivity contribution in [2.75, 3.05) is 0 Å². The topological polar surface area (TPSA) is 108 Å². The molecule has 0 fully saturated rings. The van der Waals surface area contributed by atoms with Gasteiger partial charge in [0.2, 0.25) is 21.7 Å². The van der Waals surface area contributed by atoms with Gasteiger partial charge in [-0.1, -0.05) is 5.16 Å². The fraction of sp³-hybridized carbons (Fsp3) is 0.333. The quantitative estimate of drug-likeness (QED) is 0.909. The van der Waals surface area contributed by atoms with Crippen molar-refractivity contribution >= 4 is 10.0 Å². The number of nitrogens with zero attached hydrogens (tertiary/aromatic N) is 2. The Morgan fingerprint density at radius 3 is 2.50 bits per heavy atom. The van der Waals surface area contributed by atoms with Crippen molar-refractivity contribution in [2.45, 2.75) is 32.3 Å². The first-order chi connectivity index (χ1) is 9.29. The molecule has 7 nitrogen and oxygen atoms in total. The van der Waals surface area contributed by atoms with E-state index in [4.69, 9.17) is 14.4 Å². The van der Waals surface area contributed by atoms with Gasteiger partial charge in [-0.25, -0.2) is 13.6 Å². The second kappa shape index (κ2) is 5.22. The summed E-state index contributed by atoms with van der Waals surface area (Å²) in [6, 6.07) is 2.99. The summed E-state index contributed by atoms with van der Waals surface area (Å²) in [5.74, 6) is 1.44. The van der Waals surface area contributed by atoms with Crippen molar-refractivity contribution in [1.29, 1.82) is 0 Å². The molecule has 8 heteroatoms. The summed E-state index contributed by atoms with van der Waals surface area (Å²) in [6.07, 6.45) is 0. The first-order valence-electron chi connectivity index (χ1n) is 5.84. The van der Waals surface area contributed by atoms with Crippen LogP contribution in [0.25, 0.3) is 0 Å². The van der Waals surface area contributed by atoms with E-state index in [0.29, 0.717) is 28.6 Å². The summed E-state index contributed by atoms with van der Waals surface area (Å²) >= 11 is 0. The minimum absolute atomic E-state index is 0.0951. The maximum absolute atomic E-state index is 11.4. The molecule has 0 atom stereocenters. The molecule has 0 amide bonds. The molecule has 0 aliphatic heterocycles. The van der Waals surface area contributed by atoms with Crippen LogP contribution in [0.15, 0.2) is 21.6 Å². The van der Waals surface area contributed by atoms with E-state index < -0.39 is 10.0 Å². The number of hydrogen-bond donors (Lipinski definition) is 1. The zero-order valence-electron chi connectivity index (χ0n) is 11.4. The minimum Gasteiger partial charge on any atom is -0.485 e. The van der Waals surface area contributed by atoms with Crippen LogP contribution < -0.4 is 9.88 Å². The SMILES string of the molecule is Cc1nc(COc2ccc(S(N)(=O)=O)c(C)c2C)no1. The number of nitrogens with two attached hydrogens (primary N) is 1. The third-order valence-electron chi connectivity index (χ3n) is 2.92. The van der Waals surface area contributed by atoms with Gasteiger partial charge in [0, 0.05) is 6.92 Å². The van der Waals surface area contributed by atoms with Gasteiger partial charge in [-0.15, -0.1) is 0 Å². The van der Waals surface area contributed by atoms with Crippen molar-refractivity contribution in [1.82, 2.24) is 10.1 Å². The molecule has 1 aromatic carbocycles. The van der Waals surface area contributed by atoms with Gasteiger partial charge in [0.25, 0.3) is 0 Å². The van der Waals surface area contributed by atoms with Crippen LogP contribution in [0.3, 0.4) is 0 Å². The molecule has 2 rings (SSSR count). The van der Waals surface area contributed by atoms with E-state index in [2.05, 4.69) is 10.1 Å². The van der Waals surface area contributed by atoms with Crippen LogP contribution in [-0.4, -0.2) is 18.6 Å². The summed E-state index contributed by atoms with van der Waals surface area (Å²) in [5, 5.41) is 8.86.